The van der Waals surface area contributed by atoms with Gasteiger partial charge >= 0.3 is 0 Å². The Kier molecular flexibility index (Phi) is 4.79. The molecule has 1 amide bonds. The zero-order chi connectivity index (χ0) is 23.4. The highest BCUT2D eigenvalue weighted by Gasteiger charge is 2.45. The summed E-state index contributed by atoms with van der Waals surface area (Å²) in [6.45, 7) is 3.52. The number of hydrogen-bond donors (Lipinski definition) is 0. The standard InChI is InChI=1S/C25H22F2N6O/c1-15-3-6-20(33-9-2-8-29-33)23(24(15)27)25(34)31-10-7-16-13-32(21(16)14-31)22-12-28-19-11-17(26)4-5-18(19)30-22/h2-6,8-9,11-12,16,21H,7,10,13-14H2,1H3/t16-,21+/m0/s1. The number of halogens is 2. The van der Waals surface area contributed by atoms with Gasteiger partial charge in [-0.1, -0.05) is 6.07 Å². The third kappa shape index (κ3) is 3.30. The molecular weight excluding hydrogens is 438 g/mol. The Morgan fingerprint density at radius 1 is 1.12 bits per heavy atom. The summed E-state index contributed by atoms with van der Waals surface area (Å²) >= 11 is 0. The van der Waals surface area contributed by atoms with E-state index in [1.54, 1.807) is 54.7 Å². The number of amides is 1. The Balaban J connectivity index is 1.28. The van der Waals surface area contributed by atoms with Crippen LogP contribution in [0.4, 0.5) is 14.6 Å². The molecule has 2 aliphatic rings. The highest BCUT2D eigenvalue weighted by molar-refractivity contribution is 5.98. The molecule has 4 heterocycles. The van der Waals surface area contributed by atoms with E-state index < -0.39 is 5.82 Å². The Morgan fingerprint density at radius 2 is 2.00 bits per heavy atom. The summed E-state index contributed by atoms with van der Waals surface area (Å²) in [5.41, 5.74) is 2.01. The molecule has 0 bridgehead atoms. The van der Waals surface area contributed by atoms with E-state index in [1.807, 2.05) is 0 Å². The second-order valence-electron chi connectivity index (χ2n) is 8.92. The molecule has 0 N–H and O–H groups in total. The SMILES string of the molecule is Cc1ccc(-n2cccn2)c(C(=O)N2CC[C@H]3CN(c4cnc5cc(F)ccc5n4)[C@@H]3C2)c1F. The highest BCUT2D eigenvalue weighted by Crippen LogP contribution is 2.37. The number of nitrogens with zero attached hydrogens (tertiary/aromatic N) is 6. The fourth-order valence-electron chi connectivity index (χ4n) is 4.99. The maximum atomic E-state index is 15.2. The molecule has 9 heteroatoms. The van der Waals surface area contributed by atoms with Crippen LogP contribution in [0.25, 0.3) is 16.7 Å². The van der Waals surface area contributed by atoms with Gasteiger partial charge in [-0.15, -0.1) is 0 Å². The molecule has 0 unspecified atom stereocenters. The molecule has 7 nitrogen and oxygen atoms in total. The largest absolute Gasteiger partial charge is 0.350 e. The molecule has 2 atom stereocenters. The Hall–Kier alpha value is -3.88. The van der Waals surface area contributed by atoms with E-state index in [4.69, 9.17) is 0 Å². The summed E-state index contributed by atoms with van der Waals surface area (Å²) in [5, 5.41) is 4.20. The van der Waals surface area contributed by atoms with Gasteiger partial charge < -0.3 is 9.80 Å². The van der Waals surface area contributed by atoms with E-state index in [0.29, 0.717) is 47.1 Å². The number of rotatable bonds is 3. The van der Waals surface area contributed by atoms with Crippen LogP contribution in [0.2, 0.25) is 0 Å². The monoisotopic (exact) mass is 460 g/mol. The van der Waals surface area contributed by atoms with Gasteiger partial charge in [-0.3, -0.25) is 9.78 Å². The number of anilines is 1. The zero-order valence-electron chi connectivity index (χ0n) is 18.5. The quantitative estimate of drug-likeness (QED) is 0.466. The molecule has 34 heavy (non-hydrogen) atoms. The number of carbonyl (C=O) groups excluding carboxylic acids is 1. The van der Waals surface area contributed by atoms with Crippen LogP contribution in [0.5, 0.6) is 0 Å². The van der Waals surface area contributed by atoms with Gasteiger partial charge in [0.05, 0.1) is 29.0 Å². The molecule has 2 saturated heterocycles. The number of fused-ring (bicyclic) bond motifs is 2. The van der Waals surface area contributed by atoms with E-state index in [9.17, 15) is 9.18 Å². The summed E-state index contributed by atoms with van der Waals surface area (Å²) in [7, 11) is 0. The number of hydrogen-bond acceptors (Lipinski definition) is 5. The van der Waals surface area contributed by atoms with E-state index in [-0.39, 0.29) is 23.3 Å². The number of benzene rings is 2. The maximum absolute atomic E-state index is 15.2. The van der Waals surface area contributed by atoms with Crippen LogP contribution in [0.1, 0.15) is 22.3 Å². The molecule has 0 aliphatic carbocycles. The lowest BCUT2D eigenvalue weighted by Gasteiger charge is -2.53. The van der Waals surface area contributed by atoms with Crippen molar-refractivity contribution in [2.75, 3.05) is 24.5 Å². The fraction of sp³-hybridized carbons (Fsp3) is 0.280. The summed E-state index contributed by atoms with van der Waals surface area (Å²) in [5.74, 6) is -0.0653. The predicted molar refractivity (Wildman–Crippen MR) is 123 cm³/mol. The lowest BCUT2D eigenvalue weighted by Crippen LogP contribution is -2.65. The number of carbonyl (C=O) groups is 1. The summed E-state index contributed by atoms with van der Waals surface area (Å²) in [6, 6.07) is 9.55. The number of aryl methyl sites for hydroxylation is 1. The predicted octanol–water partition coefficient (Wildman–Crippen LogP) is 3.75. The molecule has 2 aromatic carbocycles. The number of aromatic nitrogens is 4. The van der Waals surface area contributed by atoms with Gasteiger partial charge in [0.2, 0.25) is 0 Å². The minimum Gasteiger partial charge on any atom is -0.350 e. The molecular formula is C25H22F2N6O. The first-order valence-electron chi connectivity index (χ1n) is 11.3. The third-order valence-electron chi connectivity index (χ3n) is 6.90. The Labute approximate surface area is 194 Å². The van der Waals surface area contributed by atoms with Crippen molar-refractivity contribution in [2.24, 2.45) is 5.92 Å². The number of likely N-dealkylation sites (tertiary alicyclic amines) is 1. The van der Waals surface area contributed by atoms with Crippen molar-refractivity contribution in [3.63, 3.8) is 0 Å². The normalized spacial score (nSPS) is 19.7. The molecule has 0 spiro atoms. The summed E-state index contributed by atoms with van der Waals surface area (Å²) < 4.78 is 30.2. The summed E-state index contributed by atoms with van der Waals surface area (Å²) in [6.07, 6.45) is 5.78. The lowest BCUT2D eigenvalue weighted by atomic mass is 9.82. The highest BCUT2D eigenvalue weighted by atomic mass is 19.1. The smallest absolute Gasteiger partial charge is 0.259 e. The fourth-order valence-corrected chi connectivity index (χ4v) is 4.99. The minimum atomic E-state index is -0.516. The maximum Gasteiger partial charge on any atom is 0.259 e. The first kappa shape index (κ1) is 20.7. The van der Waals surface area contributed by atoms with Crippen LogP contribution in [-0.2, 0) is 0 Å². The molecule has 0 radical (unpaired) electrons. The molecule has 2 fully saturated rings. The molecule has 6 rings (SSSR count). The van der Waals surface area contributed by atoms with Crippen LogP contribution in [0, 0.1) is 24.5 Å². The van der Waals surface area contributed by atoms with Crippen molar-refractivity contribution in [3.8, 4) is 5.69 Å². The van der Waals surface area contributed by atoms with Crippen LogP contribution in [-0.4, -0.2) is 56.2 Å². The topological polar surface area (TPSA) is 67.2 Å². The van der Waals surface area contributed by atoms with E-state index >= 15 is 4.39 Å². The number of piperidine rings is 1. The van der Waals surface area contributed by atoms with Gasteiger partial charge in [0.1, 0.15) is 23.0 Å². The van der Waals surface area contributed by atoms with Crippen molar-refractivity contribution in [2.45, 2.75) is 19.4 Å². The van der Waals surface area contributed by atoms with Crippen molar-refractivity contribution >= 4 is 22.8 Å². The minimum absolute atomic E-state index is 0.0422. The van der Waals surface area contributed by atoms with Gasteiger partial charge in [0.15, 0.2) is 0 Å². The lowest BCUT2D eigenvalue weighted by molar-refractivity contribution is 0.0586. The zero-order valence-corrected chi connectivity index (χ0v) is 18.5. The van der Waals surface area contributed by atoms with Crippen molar-refractivity contribution in [3.05, 3.63) is 77.8 Å². The van der Waals surface area contributed by atoms with Gasteiger partial charge in [-0.25, -0.2) is 18.4 Å². The third-order valence-corrected chi connectivity index (χ3v) is 6.90. The van der Waals surface area contributed by atoms with E-state index in [2.05, 4.69) is 20.0 Å². The van der Waals surface area contributed by atoms with Gasteiger partial charge in [0.25, 0.3) is 5.91 Å². The van der Waals surface area contributed by atoms with Crippen LogP contribution in [0.3, 0.4) is 0 Å². The summed E-state index contributed by atoms with van der Waals surface area (Å²) in [4.78, 5) is 26.4. The molecule has 2 aliphatic heterocycles. The van der Waals surface area contributed by atoms with Crippen molar-refractivity contribution in [1.82, 2.24) is 24.6 Å². The molecule has 0 saturated carbocycles. The van der Waals surface area contributed by atoms with Crippen LogP contribution in [0.15, 0.2) is 55.0 Å². The first-order valence-corrected chi connectivity index (χ1v) is 11.3. The van der Waals surface area contributed by atoms with Gasteiger partial charge in [-0.05, 0) is 43.2 Å². The van der Waals surface area contributed by atoms with E-state index in [0.717, 1.165) is 13.0 Å². The average Bonchev–Trinajstić information content (AvgIpc) is 3.36. The Bertz CT molecular complexity index is 1410. The van der Waals surface area contributed by atoms with Crippen molar-refractivity contribution in [1.29, 1.82) is 0 Å². The molecule has 172 valence electrons. The first-order chi connectivity index (χ1) is 16.5. The van der Waals surface area contributed by atoms with Crippen LogP contribution >= 0.6 is 0 Å². The Morgan fingerprint density at radius 3 is 2.82 bits per heavy atom. The molecule has 2 aromatic heterocycles. The second-order valence-corrected chi connectivity index (χ2v) is 8.92. The van der Waals surface area contributed by atoms with Crippen LogP contribution < -0.4 is 4.90 Å². The van der Waals surface area contributed by atoms with Crippen molar-refractivity contribution < 1.29 is 13.6 Å². The van der Waals surface area contributed by atoms with Gasteiger partial charge in [0, 0.05) is 44.0 Å². The van der Waals surface area contributed by atoms with E-state index in [1.165, 1.54) is 16.8 Å². The average molecular weight is 460 g/mol. The molecule has 4 aromatic rings. The second kappa shape index (κ2) is 7.86. The van der Waals surface area contributed by atoms with Gasteiger partial charge in [-0.2, -0.15) is 5.10 Å².